The van der Waals surface area contributed by atoms with Crippen LogP contribution in [-0.4, -0.2) is 5.11 Å². The number of hydrogen-bond donors (Lipinski definition) is 1. The standard InChI is InChI=1S/C14H20O.C3H6.3C2H6/c1-5-11(3)14(12(4)15)13-8-6-7-10(2)9-13;1-3-2;3*1-2/h5,9,13,15H,1,4,6-8H2,2-3H3;3H,1H2,2H3;3*1-2H3/b14-11+;;;;. The van der Waals surface area contributed by atoms with E-state index < -0.39 is 0 Å². The van der Waals surface area contributed by atoms with Crippen LogP contribution in [-0.2, 0) is 0 Å². The molecule has 1 N–H and O–H groups in total. The van der Waals surface area contributed by atoms with Gasteiger partial charge >= 0.3 is 0 Å². The molecule has 1 rings (SSSR count). The van der Waals surface area contributed by atoms with Crippen molar-refractivity contribution in [3.8, 4) is 0 Å². The molecular formula is C23H44O. The van der Waals surface area contributed by atoms with E-state index in [0.717, 1.165) is 17.6 Å². The molecule has 0 aromatic heterocycles. The molecule has 1 nitrogen and oxygen atoms in total. The second-order valence-electron chi connectivity index (χ2n) is 4.67. The minimum Gasteiger partial charge on any atom is -0.508 e. The maximum absolute atomic E-state index is 9.62. The van der Waals surface area contributed by atoms with Crippen molar-refractivity contribution in [1.82, 2.24) is 0 Å². The van der Waals surface area contributed by atoms with Crippen LogP contribution in [0.1, 0.15) is 81.6 Å². The van der Waals surface area contributed by atoms with E-state index >= 15 is 0 Å². The molecule has 1 aliphatic rings. The first-order valence-electron chi connectivity index (χ1n) is 9.43. The Labute approximate surface area is 153 Å². The zero-order chi connectivity index (χ0) is 20.1. The molecule has 0 fully saturated rings. The number of rotatable bonds is 3. The quantitative estimate of drug-likeness (QED) is 0.311. The minimum atomic E-state index is 0.184. The zero-order valence-corrected chi connectivity index (χ0v) is 18.0. The molecule has 0 aromatic carbocycles. The van der Waals surface area contributed by atoms with Crippen LogP contribution in [0.25, 0.3) is 0 Å². The third-order valence-corrected chi connectivity index (χ3v) is 2.98. The van der Waals surface area contributed by atoms with Crippen molar-refractivity contribution in [2.45, 2.75) is 81.6 Å². The van der Waals surface area contributed by atoms with E-state index in [9.17, 15) is 5.11 Å². The van der Waals surface area contributed by atoms with Gasteiger partial charge in [0.05, 0.1) is 0 Å². The molecule has 0 aliphatic heterocycles. The van der Waals surface area contributed by atoms with Gasteiger partial charge in [0.2, 0.25) is 0 Å². The SMILES string of the molecule is C=C/C(C)=C(\C(=C)O)C1C=C(C)CCC1.C=CC.CC.CC.CC. The van der Waals surface area contributed by atoms with E-state index in [-0.39, 0.29) is 5.76 Å². The molecule has 0 spiro atoms. The smallest absolute Gasteiger partial charge is 0.112 e. The van der Waals surface area contributed by atoms with Crippen LogP contribution in [0.2, 0.25) is 0 Å². The summed E-state index contributed by atoms with van der Waals surface area (Å²) in [5.41, 5.74) is 3.38. The minimum absolute atomic E-state index is 0.184. The van der Waals surface area contributed by atoms with Gasteiger partial charge in [0.15, 0.2) is 0 Å². The second-order valence-corrected chi connectivity index (χ2v) is 4.67. The molecule has 1 heteroatoms. The molecule has 1 aliphatic carbocycles. The molecule has 0 heterocycles. The van der Waals surface area contributed by atoms with Gasteiger partial charge in [-0.25, -0.2) is 0 Å². The van der Waals surface area contributed by atoms with Crippen molar-refractivity contribution >= 4 is 0 Å². The molecule has 142 valence electrons. The molecule has 0 saturated heterocycles. The molecule has 1 unspecified atom stereocenters. The van der Waals surface area contributed by atoms with Gasteiger partial charge in [-0.1, -0.05) is 78.5 Å². The number of aliphatic hydroxyl groups excluding tert-OH is 1. The van der Waals surface area contributed by atoms with E-state index in [1.807, 2.05) is 55.4 Å². The topological polar surface area (TPSA) is 20.2 Å². The Balaban J connectivity index is -0.000000190. The molecule has 24 heavy (non-hydrogen) atoms. The Morgan fingerprint density at radius 2 is 1.54 bits per heavy atom. The molecule has 0 aromatic rings. The lowest BCUT2D eigenvalue weighted by Gasteiger charge is -2.23. The van der Waals surface area contributed by atoms with Gasteiger partial charge in [-0.2, -0.15) is 0 Å². The van der Waals surface area contributed by atoms with Gasteiger partial charge in [0.25, 0.3) is 0 Å². The highest BCUT2D eigenvalue weighted by molar-refractivity contribution is 5.38. The Hall–Kier alpha value is -1.50. The molecular weight excluding hydrogens is 292 g/mol. The van der Waals surface area contributed by atoms with Crippen LogP contribution < -0.4 is 0 Å². The van der Waals surface area contributed by atoms with E-state index in [4.69, 9.17) is 0 Å². The molecule has 0 amide bonds. The zero-order valence-electron chi connectivity index (χ0n) is 18.0. The van der Waals surface area contributed by atoms with Gasteiger partial charge in [0, 0.05) is 11.5 Å². The van der Waals surface area contributed by atoms with Crippen LogP contribution in [0.15, 0.2) is 60.4 Å². The van der Waals surface area contributed by atoms with Crippen molar-refractivity contribution in [2.75, 3.05) is 0 Å². The van der Waals surface area contributed by atoms with Gasteiger partial charge in [-0.15, -0.1) is 6.58 Å². The Kier molecular flexibility index (Phi) is 30.1. The molecule has 0 saturated carbocycles. The first kappa shape index (κ1) is 30.4. The number of hydrogen-bond acceptors (Lipinski definition) is 1. The maximum Gasteiger partial charge on any atom is 0.112 e. The monoisotopic (exact) mass is 336 g/mol. The lowest BCUT2D eigenvalue weighted by atomic mass is 9.83. The maximum atomic E-state index is 9.62. The summed E-state index contributed by atoms with van der Waals surface area (Å²) in [6.45, 7) is 28.8. The van der Waals surface area contributed by atoms with Crippen LogP contribution in [0.3, 0.4) is 0 Å². The number of allylic oxidation sites excluding steroid dienone is 6. The van der Waals surface area contributed by atoms with Gasteiger partial charge < -0.3 is 5.11 Å². The van der Waals surface area contributed by atoms with Crippen LogP contribution in [0.5, 0.6) is 0 Å². The molecule has 0 bridgehead atoms. The fraction of sp³-hybridized carbons (Fsp3) is 0.565. The van der Waals surface area contributed by atoms with Crippen LogP contribution in [0, 0.1) is 5.92 Å². The predicted octanol–water partition coefficient (Wildman–Crippen LogP) is 8.58. The average Bonchev–Trinajstić information content (AvgIpc) is 2.60. The predicted molar refractivity (Wildman–Crippen MR) is 116 cm³/mol. The third kappa shape index (κ3) is 15.4. The lowest BCUT2D eigenvalue weighted by molar-refractivity contribution is 0.407. The van der Waals surface area contributed by atoms with Gasteiger partial charge in [-0.3, -0.25) is 0 Å². The van der Waals surface area contributed by atoms with Gasteiger partial charge in [-0.05, 0) is 45.6 Å². The Bertz CT molecular complexity index is 369. The highest BCUT2D eigenvalue weighted by Gasteiger charge is 2.19. The largest absolute Gasteiger partial charge is 0.508 e. The number of aliphatic hydroxyl groups is 1. The Morgan fingerprint density at radius 3 is 1.83 bits per heavy atom. The van der Waals surface area contributed by atoms with E-state index in [2.05, 4.69) is 32.7 Å². The van der Waals surface area contributed by atoms with Crippen molar-refractivity contribution < 1.29 is 5.11 Å². The van der Waals surface area contributed by atoms with E-state index in [1.54, 1.807) is 12.2 Å². The normalized spacial score (nSPS) is 15.5. The van der Waals surface area contributed by atoms with Crippen LogP contribution in [0.4, 0.5) is 0 Å². The second kappa shape index (κ2) is 23.8. The highest BCUT2D eigenvalue weighted by atomic mass is 16.3. The first-order chi connectivity index (χ1) is 11.5. The fourth-order valence-electron chi connectivity index (χ4n) is 2.18. The Morgan fingerprint density at radius 1 is 1.12 bits per heavy atom. The summed E-state index contributed by atoms with van der Waals surface area (Å²) in [6, 6.07) is 0. The van der Waals surface area contributed by atoms with Gasteiger partial charge in [0.1, 0.15) is 5.76 Å². The molecule has 0 radical (unpaired) electrons. The summed E-state index contributed by atoms with van der Waals surface area (Å²) in [7, 11) is 0. The summed E-state index contributed by atoms with van der Waals surface area (Å²) in [6.07, 6.45) is 9.24. The first-order valence-corrected chi connectivity index (χ1v) is 9.43. The van der Waals surface area contributed by atoms with Crippen molar-refractivity contribution in [3.63, 3.8) is 0 Å². The highest BCUT2D eigenvalue weighted by Crippen LogP contribution is 2.32. The summed E-state index contributed by atoms with van der Waals surface area (Å²) >= 11 is 0. The summed E-state index contributed by atoms with van der Waals surface area (Å²) in [4.78, 5) is 0. The summed E-state index contributed by atoms with van der Waals surface area (Å²) < 4.78 is 0. The summed E-state index contributed by atoms with van der Waals surface area (Å²) in [5.74, 6) is 0.498. The van der Waals surface area contributed by atoms with Crippen LogP contribution >= 0.6 is 0 Å². The lowest BCUT2D eigenvalue weighted by Crippen LogP contribution is -2.09. The molecule has 1 atom stereocenters. The third-order valence-electron chi connectivity index (χ3n) is 2.98. The van der Waals surface area contributed by atoms with Crippen molar-refractivity contribution in [2.24, 2.45) is 5.92 Å². The van der Waals surface area contributed by atoms with E-state index in [1.165, 1.54) is 18.4 Å². The summed E-state index contributed by atoms with van der Waals surface area (Å²) in [5, 5.41) is 9.62. The average molecular weight is 337 g/mol. The van der Waals surface area contributed by atoms with Crippen molar-refractivity contribution in [3.05, 3.63) is 60.4 Å². The van der Waals surface area contributed by atoms with Crippen molar-refractivity contribution in [1.29, 1.82) is 0 Å². The fourth-order valence-corrected chi connectivity index (χ4v) is 2.18. The van der Waals surface area contributed by atoms with E-state index in [0.29, 0.717) is 5.92 Å².